The quantitative estimate of drug-likeness (QED) is 0.727. The maximum atomic E-state index is 11.3. The van der Waals surface area contributed by atoms with E-state index in [9.17, 15) is 4.79 Å². The van der Waals surface area contributed by atoms with Crippen LogP contribution in [0.4, 0.5) is 0 Å². The van der Waals surface area contributed by atoms with Crippen molar-refractivity contribution in [3.63, 3.8) is 0 Å². The van der Waals surface area contributed by atoms with E-state index in [1.165, 1.54) is 0 Å². The third kappa shape index (κ3) is 2.43. The van der Waals surface area contributed by atoms with E-state index < -0.39 is 0 Å². The third-order valence-corrected chi connectivity index (χ3v) is 2.95. The standard InChI is InChI=1S/C10H12N2OS/c11-8-6-9(8)12-10(13)4-3-7-2-1-5-14-7/h1-5,8-9H,6,11H2,(H,12,13)/b4-3+. The molecular formula is C10H12N2OS. The third-order valence-electron chi connectivity index (χ3n) is 2.11. The SMILES string of the molecule is NC1CC1NC(=O)/C=C/c1cccs1. The van der Waals surface area contributed by atoms with Crippen LogP contribution in [-0.2, 0) is 4.79 Å². The lowest BCUT2D eigenvalue weighted by molar-refractivity contribution is -0.116. The summed E-state index contributed by atoms with van der Waals surface area (Å²) in [6.45, 7) is 0. The number of hydrogen-bond donors (Lipinski definition) is 2. The summed E-state index contributed by atoms with van der Waals surface area (Å²) < 4.78 is 0. The molecule has 1 fully saturated rings. The molecule has 0 bridgehead atoms. The van der Waals surface area contributed by atoms with E-state index in [1.807, 2.05) is 23.6 Å². The normalized spacial score (nSPS) is 25.2. The van der Waals surface area contributed by atoms with Crippen molar-refractivity contribution in [3.8, 4) is 0 Å². The van der Waals surface area contributed by atoms with Crippen molar-refractivity contribution in [1.29, 1.82) is 0 Å². The molecule has 0 radical (unpaired) electrons. The average Bonchev–Trinajstić information content (AvgIpc) is 2.71. The molecule has 14 heavy (non-hydrogen) atoms. The highest BCUT2D eigenvalue weighted by Gasteiger charge is 2.34. The molecule has 0 aromatic carbocycles. The van der Waals surface area contributed by atoms with Gasteiger partial charge < -0.3 is 11.1 Å². The van der Waals surface area contributed by atoms with Gasteiger partial charge in [-0.3, -0.25) is 4.79 Å². The lowest BCUT2D eigenvalue weighted by Gasteiger charge is -1.96. The fourth-order valence-electron chi connectivity index (χ4n) is 1.16. The highest BCUT2D eigenvalue weighted by Crippen LogP contribution is 2.17. The fourth-order valence-corrected chi connectivity index (χ4v) is 1.77. The first-order valence-electron chi connectivity index (χ1n) is 4.53. The number of hydrogen-bond acceptors (Lipinski definition) is 3. The van der Waals surface area contributed by atoms with E-state index in [4.69, 9.17) is 5.73 Å². The number of nitrogens with two attached hydrogens (primary N) is 1. The van der Waals surface area contributed by atoms with E-state index in [1.54, 1.807) is 17.4 Å². The molecule has 2 rings (SSSR count). The summed E-state index contributed by atoms with van der Waals surface area (Å²) in [4.78, 5) is 12.4. The summed E-state index contributed by atoms with van der Waals surface area (Å²) in [5.74, 6) is -0.0589. The summed E-state index contributed by atoms with van der Waals surface area (Å²) in [6.07, 6.45) is 4.27. The Bertz CT molecular complexity index is 345. The number of thiophene rings is 1. The van der Waals surface area contributed by atoms with Crippen LogP contribution >= 0.6 is 11.3 Å². The van der Waals surface area contributed by atoms with Crippen molar-refractivity contribution in [1.82, 2.24) is 5.32 Å². The van der Waals surface area contributed by atoms with Crippen molar-refractivity contribution < 1.29 is 4.79 Å². The minimum atomic E-state index is -0.0589. The summed E-state index contributed by atoms with van der Waals surface area (Å²) in [5, 5.41) is 4.80. The Morgan fingerprint density at radius 3 is 3.07 bits per heavy atom. The number of nitrogens with one attached hydrogen (secondary N) is 1. The van der Waals surface area contributed by atoms with Gasteiger partial charge in [0.1, 0.15) is 0 Å². The van der Waals surface area contributed by atoms with Crippen LogP contribution in [0.25, 0.3) is 6.08 Å². The predicted molar refractivity (Wildman–Crippen MR) is 57.9 cm³/mol. The van der Waals surface area contributed by atoms with Gasteiger partial charge in [0.2, 0.25) is 5.91 Å². The second kappa shape index (κ2) is 3.94. The van der Waals surface area contributed by atoms with E-state index in [0.29, 0.717) is 0 Å². The first-order chi connectivity index (χ1) is 6.75. The van der Waals surface area contributed by atoms with Crippen LogP contribution in [0.1, 0.15) is 11.3 Å². The molecule has 1 aromatic rings. The van der Waals surface area contributed by atoms with Gasteiger partial charge in [0.25, 0.3) is 0 Å². The van der Waals surface area contributed by atoms with Gasteiger partial charge in [-0.25, -0.2) is 0 Å². The molecular weight excluding hydrogens is 196 g/mol. The zero-order chi connectivity index (χ0) is 9.97. The molecule has 4 heteroatoms. The molecule has 2 unspecified atom stereocenters. The maximum Gasteiger partial charge on any atom is 0.244 e. The van der Waals surface area contributed by atoms with Crippen LogP contribution in [0.5, 0.6) is 0 Å². The van der Waals surface area contributed by atoms with Crippen molar-refractivity contribution >= 4 is 23.3 Å². The van der Waals surface area contributed by atoms with E-state index in [0.717, 1.165) is 11.3 Å². The molecule has 0 aliphatic heterocycles. The van der Waals surface area contributed by atoms with Gasteiger partial charge in [0.15, 0.2) is 0 Å². The largest absolute Gasteiger partial charge is 0.348 e. The Morgan fingerprint density at radius 1 is 1.71 bits per heavy atom. The molecule has 0 spiro atoms. The molecule has 3 nitrogen and oxygen atoms in total. The lowest BCUT2D eigenvalue weighted by Crippen LogP contribution is -2.27. The Balaban J connectivity index is 1.82. The monoisotopic (exact) mass is 208 g/mol. The second-order valence-corrected chi connectivity index (χ2v) is 4.34. The van der Waals surface area contributed by atoms with Crippen LogP contribution in [-0.4, -0.2) is 18.0 Å². The van der Waals surface area contributed by atoms with Crippen LogP contribution in [0.15, 0.2) is 23.6 Å². The highest BCUT2D eigenvalue weighted by atomic mass is 32.1. The Hall–Kier alpha value is -1.13. The molecule has 1 heterocycles. The summed E-state index contributed by atoms with van der Waals surface area (Å²) in [7, 11) is 0. The van der Waals surface area contributed by atoms with Gasteiger partial charge in [0.05, 0.1) is 0 Å². The lowest BCUT2D eigenvalue weighted by atomic mass is 10.4. The van der Waals surface area contributed by atoms with Gasteiger partial charge in [-0.2, -0.15) is 0 Å². The molecule has 1 aromatic heterocycles. The highest BCUT2D eigenvalue weighted by molar-refractivity contribution is 7.10. The first kappa shape index (κ1) is 9.43. The van der Waals surface area contributed by atoms with Gasteiger partial charge in [-0.05, 0) is 23.9 Å². The molecule has 1 saturated carbocycles. The van der Waals surface area contributed by atoms with Crippen LogP contribution in [0, 0.1) is 0 Å². The minimum absolute atomic E-state index is 0.0589. The zero-order valence-electron chi connectivity index (χ0n) is 7.64. The zero-order valence-corrected chi connectivity index (χ0v) is 8.46. The summed E-state index contributed by atoms with van der Waals surface area (Å²) >= 11 is 1.61. The van der Waals surface area contributed by atoms with E-state index in [-0.39, 0.29) is 18.0 Å². The maximum absolute atomic E-state index is 11.3. The van der Waals surface area contributed by atoms with Crippen molar-refractivity contribution in [2.75, 3.05) is 0 Å². The molecule has 0 saturated heterocycles. The van der Waals surface area contributed by atoms with E-state index >= 15 is 0 Å². The van der Waals surface area contributed by atoms with Gasteiger partial charge >= 0.3 is 0 Å². The number of carbonyl (C=O) groups excluding carboxylic acids is 1. The minimum Gasteiger partial charge on any atom is -0.348 e. The molecule has 1 aliphatic rings. The van der Waals surface area contributed by atoms with Gasteiger partial charge in [0, 0.05) is 23.0 Å². The Labute approximate surface area is 86.6 Å². The smallest absolute Gasteiger partial charge is 0.244 e. The van der Waals surface area contributed by atoms with Crippen LogP contribution in [0.3, 0.4) is 0 Å². The molecule has 1 amide bonds. The van der Waals surface area contributed by atoms with Crippen molar-refractivity contribution in [3.05, 3.63) is 28.5 Å². The fraction of sp³-hybridized carbons (Fsp3) is 0.300. The molecule has 74 valence electrons. The second-order valence-electron chi connectivity index (χ2n) is 3.36. The Morgan fingerprint density at radius 2 is 2.50 bits per heavy atom. The number of rotatable bonds is 3. The van der Waals surface area contributed by atoms with Crippen LogP contribution < -0.4 is 11.1 Å². The average molecular weight is 208 g/mol. The number of carbonyl (C=O) groups is 1. The Kier molecular flexibility index (Phi) is 2.65. The molecule has 3 N–H and O–H groups in total. The summed E-state index contributed by atoms with van der Waals surface area (Å²) in [5.41, 5.74) is 5.57. The van der Waals surface area contributed by atoms with Crippen LogP contribution in [0.2, 0.25) is 0 Å². The first-order valence-corrected chi connectivity index (χ1v) is 5.41. The van der Waals surface area contributed by atoms with Gasteiger partial charge in [-0.15, -0.1) is 11.3 Å². The predicted octanol–water partition coefficient (Wildman–Crippen LogP) is 0.977. The molecule has 2 atom stereocenters. The topological polar surface area (TPSA) is 55.1 Å². The number of amides is 1. The van der Waals surface area contributed by atoms with Crippen molar-refractivity contribution in [2.45, 2.75) is 18.5 Å². The van der Waals surface area contributed by atoms with Crippen molar-refractivity contribution in [2.24, 2.45) is 5.73 Å². The van der Waals surface area contributed by atoms with E-state index in [2.05, 4.69) is 5.32 Å². The van der Waals surface area contributed by atoms with Gasteiger partial charge in [-0.1, -0.05) is 6.07 Å². The summed E-state index contributed by atoms with van der Waals surface area (Å²) in [6, 6.07) is 4.28. The molecule has 1 aliphatic carbocycles.